The van der Waals surface area contributed by atoms with Crippen molar-refractivity contribution in [3.8, 4) is 11.1 Å². The Bertz CT molecular complexity index is 1650. The molecule has 7 nitrogen and oxygen atoms in total. The van der Waals surface area contributed by atoms with Crippen molar-refractivity contribution in [2.24, 2.45) is 0 Å². The normalized spacial score (nSPS) is 12.0. The topological polar surface area (TPSA) is 110 Å². The Morgan fingerprint density at radius 1 is 0.946 bits per heavy atom. The van der Waals surface area contributed by atoms with Gasteiger partial charge in [0.25, 0.3) is 0 Å². The van der Waals surface area contributed by atoms with Crippen LogP contribution in [0.25, 0.3) is 33.1 Å². The number of hydrogen-bond acceptors (Lipinski definition) is 5. The van der Waals surface area contributed by atoms with Gasteiger partial charge >= 0.3 is 11.6 Å². The molecule has 0 aliphatic carbocycles. The molecule has 0 fully saturated rings. The molecule has 2 N–H and O–H groups in total. The number of carboxylic acids is 1. The summed E-state index contributed by atoms with van der Waals surface area (Å²) in [4.78, 5) is 37.1. The summed E-state index contributed by atoms with van der Waals surface area (Å²) in [5.41, 5.74) is 4.36. The molecule has 2 aromatic heterocycles. The molecule has 0 radical (unpaired) electrons. The maximum Gasteiger partial charge on any atom is 0.339 e. The fourth-order valence-corrected chi connectivity index (χ4v) is 4.60. The number of benzene rings is 3. The minimum atomic E-state index is -1.11. The van der Waals surface area contributed by atoms with E-state index >= 15 is 0 Å². The second kappa shape index (κ2) is 10.1. The molecule has 0 aliphatic rings. The summed E-state index contributed by atoms with van der Waals surface area (Å²) in [5.74, 6) is -1.56. The van der Waals surface area contributed by atoms with Gasteiger partial charge in [-0.3, -0.25) is 4.79 Å². The van der Waals surface area contributed by atoms with Crippen molar-refractivity contribution in [3.05, 3.63) is 106 Å². The first-order valence-electron chi connectivity index (χ1n) is 12.0. The number of aryl methyl sites for hydroxylation is 1. The predicted molar refractivity (Wildman–Crippen MR) is 140 cm³/mol. The minimum absolute atomic E-state index is 0.0428. The molecule has 5 rings (SSSR count). The van der Waals surface area contributed by atoms with Crippen LogP contribution in [-0.2, 0) is 22.4 Å². The van der Waals surface area contributed by atoms with Gasteiger partial charge in [0.1, 0.15) is 17.2 Å². The Morgan fingerprint density at radius 3 is 2.35 bits per heavy atom. The van der Waals surface area contributed by atoms with Crippen molar-refractivity contribution < 1.29 is 23.5 Å². The molecule has 0 spiro atoms. The lowest BCUT2D eigenvalue weighted by atomic mass is 9.98. The van der Waals surface area contributed by atoms with Crippen LogP contribution in [0, 0.1) is 6.92 Å². The summed E-state index contributed by atoms with van der Waals surface area (Å²) in [6.07, 6.45) is 1.94. The second-order valence-corrected chi connectivity index (χ2v) is 9.00. The van der Waals surface area contributed by atoms with Gasteiger partial charge in [-0.15, -0.1) is 0 Å². The number of carbonyl (C=O) groups excluding carboxylic acids is 1. The monoisotopic (exact) mass is 495 g/mol. The number of rotatable bonds is 8. The number of hydrogen-bond donors (Lipinski definition) is 2. The Morgan fingerprint density at radius 2 is 1.65 bits per heavy atom. The molecule has 186 valence electrons. The van der Waals surface area contributed by atoms with Crippen LogP contribution in [0.3, 0.4) is 0 Å². The lowest BCUT2D eigenvalue weighted by molar-refractivity contribution is -0.141. The van der Waals surface area contributed by atoms with E-state index < -0.39 is 23.5 Å². The molecule has 0 bridgehead atoms. The number of carbonyl (C=O) groups is 2. The fraction of sp³-hybridized carbons (Fsp3) is 0.167. The van der Waals surface area contributed by atoms with Crippen molar-refractivity contribution in [1.82, 2.24) is 5.32 Å². The number of fused-ring (bicyclic) bond motifs is 2. The standard InChI is InChI=1S/C30H25NO6/c1-18-21(12-13-28(32)31-25(29(33)34)14-19-8-4-2-5-9-19)30(35)37-27-16-26-23(15-22(18)27)24(17-36-26)20-10-6-3-7-11-20/h2-11,15-17,25H,12-14H2,1H3,(H,31,32)(H,33,34)/t25-/m1/s1. The quantitative estimate of drug-likeness (QED) is 0.284. The molecule has 1 atom stereocenters. The van der Waals surface area contributed by atoms with E-state index in [0.717, 1.165) is 33.0 Å². The number of furan rings is 1. The van der Waals surface area contributed by atoms with Gasteiger partial charge in [-0.1, -0.05) is 60.7 Å². The molecule has 37 heavy (non-hydrogen) atoms. The first kappa shape index (κ1) is 24.1. The van der Waals surface area contributed by atoms with Crippen molar-refractivity contribution >= 4 is 33.8 Å². The molecule has 0 saturated heterocycles. The Balaban J connectivity index is 1.39. The van der Waals surface area contributed by atoms with E-state index in [9.17, 15) is 19.5 Å². The predicted octanol–water partition coefficient (Wildman–Crippen LogP) is 5.26. The Hall–Kier alpha value is -4.65. The van der Waals surface area contributed by atoms with Crippen LogP contribution in [0.2, 0.25) is 0 Å². The lowest BCUT2D eigenvalue weighted by Crippen LogP contribution is -2.42. The van der Waals surface area contributed by atoms with Gasteiger partial charge in [-0.25, -0.2) is 9.59 Å². The SMILES string of the molecule is Cc1c(CCC(=O)N[C@H](Cc2ccccc2)C(=O)O)c(=O)oc2cc3occ(-c4ccccc4)c3cc12. The highest BCUT2D eigenvalue weighted by Crippen LogP contribution is 2.34. The Labute approximate surface area is 212 Å². The number of nitrogens with one attached hydrogen (secondary N) is 1. The smallest absolute Gasteiger partial charge is 0.339 e. The molecule has 1 amide bonds. The summed E-state index contributed by atoms with van der Waals surface area (Å²) in [5, 5.41) is 13.8. The van der Waals surface area contributed by atoms with Gasteiger partial charge < -0.3 is 19.3 Å². The van der Waals surface area contributed by atoms with Crippen molar-refractivity contribution in [1.29, 1.82) is 0 Å². The fourth-order valence-electron chi connectivity index (χ4n) is 4.60. The van der Waals surface area contributed by atoms with Gasteiger partial charge in [0, 0.05) is 40.8 Å². The van der Waals surface area contributed by atoms with Crippen molar-refractivity contribution in [3.63, 3.8) is 0 Å². The second-order valence-electron chi connectivity index (χ2n) is 9.00. The van der Waals surface area contributed by atoms with E-state index in [1.165, 1.54) is 0 Å². The van der Waals surface area contributed by atoms with Gasteiger partial charge in [0.05, 0.1) is 6.26 Å². The van der Waals surface area contributed by atoms with E-state index in [0.29, 0.717) is 16.7 Å². The maximum absolute atomic E-state index is 12.8. The van der Waals surface area contributed by atoms with Gasteiger partial charge in [0.15, 0.2) is 0 Å². The molecular weight excluding hydrogens is 470 g/mol. The Kier molecular flexibility index (Phi) is 6.60. The van der Waals surface area contributed by atoms with Crippen molar-refractivity contribution in [2.75, 3.05) is 0 Å². The van der Waals surface area contributed by atoms with E-state index in [2.05, 4.69) is 5.32 Å². The zero-order valence-corrected chi connectivity index (χ0v) is 20.2. The number of amides is 1. The third kappa shape index (κ3) is 5.02. The number of carboxylic acid groups (broad SMARTS) is 1. The minimum Gasteiger partial charge on any atom is -0.480 e. The molecule has 3 aromatic carbocycles. The highest BCUT2D eigenvalue weighted by molar-refractivity contribution is 6.02. The van der Waals surface area contributed by atoms with Crippen LogP contribution >= 0.6 is 0 Å². The average Bonchev–Trinajstić information content (AvgIpc) is 3.31. The first-order valence-corrected chi connectivity index (χ1v) is 12.0. The van der Waals surface area contributed by atoms with Gasteiger partial charge in [-0.2, -0.15) is 0 Å². The largest absolute Gasteiger partial charge is 0.480 e. The summed E-state index contributed by atoms with van der Waals surface area (Å²) in [6, 6.07) is 21.6. The molecule has 0 aliphatic heterocycles. The zero-order chi connectivity index (χ0) is 25.9. The van der Waals surface area contributed by atoms with Crippen molar-refractivity contribution in [2.45, 2.75) is 32.2 Å². The van der Waals surface area contributed by atoms with E-state index in [1.807, 2.05) is 73.7 Å². The number of aliphatic carboxylic acids is 1. The van der Waals surface area contributed by atoms with E-state index in [-0.39, 0.29) is 19.3 Å². The summed E-state index contributed by atoms with van der Waals surface area (Å²) >= 11 is 0. The van der Waals surface area contributed by atoms with Crippen LogP contribution in [0.5, 0.6) is 0 Å². The molecule has 2 heterocycles. The van der Waals surface area contributed by atoms with Crippen LogP contribution in [0.1, 0.15) is 23.1 Å². The third-order valence-corrected chi connectivity index (χ3v) is 6.58. The van der Waals surface area contributed by atoms with Crippen LogP contribution in [-0.4, -0.2) is 23.0 Å². The summed E-state index contributed by atoms with van der Waals surface area (Å²) in [7, 11) is 0. The highest BCUT2D eigenvalue weighted by Gasteiger charge is 2.21. The van der Waals surface area contributed by atoms with Gasteiger partial charge in [0.2, 0.25) is 5.91 Å². The molecular formula is C30H25NO6. The summed E-state index contributed by atoms with van der Waals surface area (Å²) in [6.45, 7) is 1.83. The highest BCUT2D eigenvalue weighted by atomic mass is 16.4. The van der Waals surface area contributed by atoms with Crippen LogP contribution in [0.15, 0.2) is 92.7 Å². The zero-order valence-electron chi connectivity index (χ0n) is 20.2. The average molecular weight is 496 g/mol. The van der Waals surface area contributed by atoms with E-state index in [1.54, 1.807) is 12.3 Å². The van der Waals surface area contributed by atoms with E-state index in [4.69, 9.17) is 8.83 Å². The maximum atomic E-state index is 12.8. The third-order valence-electron chi connectivity index (χ3n) is 6.58. The summed E-state index contributed by atoms with van der Waals surface area (Å²) < 4.78 is 11.3. The van der Waals surface area contributed by atoms with Crippen LogP contribution in [0.4, 0.5) is 0 Å². The molecule has 0 unspecified atom stereocenters. The van der Waals surface area contributed by atoms with Crippen LogP contribution < -0.4 is 10.9 Å². The molecule has 7 heteroatoms. The first-order chi connectivity index (χ1) is 17.9. The molecule has 5 aromatic rings. The lowest BCUT2D eigenvalue weighted by Gasteiger charge is -2.15. The van der Waals surface area contributed by atoms with Gasteiger partial charge in [-0.05, 0) is 36.1 Å². The molecule has 0 saturated carbocycles.